The minimum absolute atomic E-state index is 0.132. The number of nitrogens with one attached hydrogen (secondary N) is 1. The van der Waals surface area contributed by atoms with Crippen molar-refractivity contribution in [3.8, 4) is 5.75 Å². The molecule has 0 radical (unpaired) electrons. The molecule has 2 unspecified atom stereocenters. The summed E-state index contributed by atoms with van der Waals surface area (Å²) in [4.78, 5) is 21.5. The normalized spacial score (nSPS) is 13.1. The summed E-state index contributed by atoms with van der Waals surface area (Å²) < 4.78 is 5.51. The van der Waals surface area contributed by atoms with Crippen LogP contribution in [-0.4, -0.2) is 59.5 Å². The standard InChI is InChI=1S/C17H25NO6/c19-10-1-2-17(23)18-9-7-13-3-5-14(6-4-13)24-16(12-21)15(22)8-11-20/h3-6,10,15-16,20-22H,1-2,7-9,11-12H2,(H,18,23). The second kappa shape index (κ2) is 11.6. The van der Waals surface area contributed by atoms with E-state index in [-0.39, 0.29) is 38.4 Å². The molecule has 0 saturated carbocycles. The average molecular weight is 339 g/mol. The van der Waals surface area contributed by atoms with Crippen molar-refractivity contribution in [2.24, 2.45) is 0 Å². The van der Waals surface area contributed by atoms with Crippen LogP contribution in [0.2, 0.25) is 0 Å². The van der Waals surface area contributed by atoms with Crippen LogP contribution in [0, 0.1) is 0 Å². The van der Waals surface area contributed by atoms with Crippen molar-refractivity contribution in [3.05, 3.63) is 29.8 Å². The molecular weight excluding hydrogens is 314 g/mol. The molecule has 1 rings (SSSR count). The van der Waals surface area contributed by atoms with Crippen LogP contribution in [0.15, 0.2) is 24.3 Å². The fourth-order valence-corrected chi connectivity index (χ4v) is 2.09. The molecule has 24 heavy (non-hydrogen) atoms. The number of carbonyl (C=O) groups excluding carboxylic acids is 2. The molecule has 2 atom stereocenters. The average Bonchev–Trinajstić information content (AvgIpc) is 2.59. The monoisotopic (exact) mass is 339 g/mol. The second-order valence-electron chi connectivity index (χ2n) is 5.37. The van der Waals surface area contributed by atoms with Crippen molar-refractivity contribution in [3.63, 3.8) is 0 Å². The predicted octanol–water partition coefficient (Wildman–Crippen LogP) is -0.193. The Morgan fingerprint density at radius 3 is 2.54 bits per heavy atom. The zero-order valence-corrected chi connectivity index (χ0v) is 13.6. The van der Waals surface area contributed by atoms with Gasteiger partial charge in [0.1, 0.15) is 18.1 Å². The highest BCUT2D eigenvalue weighted by molar-refractivity contribution is 5.78. The molecule has 1 aromatic carbocycles. The van der Waals surface area contributed by atoms with E-state index in [1.807, 2.05) is 12.1 Å². The number of hydrogen-bond acceptors (Lipinski definition) is 6. The van der Waals surface area contributed by atoms with Crippen LogP contribution in [-0.2, 0) is 16.0 Å². The number of hydrogen-bond donors (Lipinski definition) is 4. The maximum Gasteiger partial charge on any atom is 0.220 e. The molecule has 0 saturated heterocycles. The number of aldehydes is 1. The minimum atomic E-state index is -0.943. The number of rotatable bonds is 12. The first kappa shape index (κ1) is 20.1. The van der Waals surface area contributed by atoms with Crippen molar-refractivity contribution < 1.29 is 29.6 Å². The van der Waals surface area contributed by atoms with E-state index in [2.05, 4.69) is 5.32 Å². The molecule has 1 amide bonds. The van der Waals surface area contributed by atoms with Gasteiger partial charge in [-0.25, -0.2) is 0 Å². The highest BCUT2D eigenvalue weighted by Gasteiger charge is 2.19. The largest absolute Gasteiger partial charge is 0.485 e. The van der Waals surface area contributed by atoms with E-state index < -0.39 is 12.2 Å². The van der Waals surface area contributed by atoms with Gasteiger partial charge in [-0.3, -0.25) is 4.79 Å². The van der Waals surface area contributed by atoms with E-state index >= 15 is 0 Å². The number of ether oxygens (including phenoxy) is 1. The lowest BCUT2D eigenvalue weighted by atomic mass is 10.1. The van der Waals surface area contributed by atoms with Crippen LogP contribution >= 0.6 is 0 Å². The lowest BCUT2D eigenvalue weighted by Gasteiger charge is -2.22. The van der Waals surface area contributed by atoms with Gasteiger partial charge < -0.3 is 30.2 Å². The molecule has 0 bridgehead atoms. The number of aliphatic hydroxyl groups is 3. The Balaban J connectivity index is 2.42. The lowest BCUT2D eigenvalue weighted by Crippen LogP contribution is -2.35. The summed E-state index contributed by atoms with van der Waals surface area (Å²) in [5.41, 5.74) is 0.995. The fraction of sp³-hybridized carbons (Fsp3) is 0.529. The topological polar surface area (TPSA) is 116 Å². The third-order valence-electron chi connectivity index (χ3n) is 3.47. The van der Waals surface area contributed by atoms with Crippen LogP contribution in [0.3, 0.4) is 0 Å². The van der Waals surface area contributed by atoms with Gasteiger partial charge in [0, 0.05) is 32.4 Å². The van der Waals surface area contributed by atoms with Gasteiger partial charge in [-0.15, -0.1) is 0 Å². The van der Waals surface area contributed by atoms with Crippen LogP contribution in [0.5, 0.6) is 5.75 Å². The summed E-state index contributed by atoms with van der Waals surface area (Å²) in [5, 5.41) is 30.5. The zero-order valence-electron chi connectivity index (χ0n) is 13.6. The van der Waals surface area contributed by atoms with Crippen LogP contribution in [0.1, 0.15) is 24.8 Å². The SMILES string of the molecule is O=CCCC(=O)NCCc1ccc(OC(CO)C(O)CCO)cc1. The Hall–Kier alpha value is -1.96. The van der Waals surface area contributed by atoms with Gasteiger partial charge in [0.25, 0.3) is 0 Å². The van der Waals surface area contributed by atoms with Crippen molar-refractivity contribution in [2.45, 2.75) is 37.9 Å². The summed E-state index contributed by atoms with van der Waals surface area (Å²) in [6.07, 6.45) is 0.189. The highest BCUT2D eigenvalue weighted by atomic mass is 16.5. The molecule has 0 aliphatic carbocycles. The highest BCUT2D eigenvalue weighted by Crippen LogP contribution is 2.16. The minimum Gasteiger partial charge on any atom is -0.485 e. The zero-order chi connectivity index (χ0) is 17.8. The molecule has 0 spiro atoms. The number of benzene rings is 1. The molecule has 134 valence electrons. The number of aliphatic hydroxyl groups excluding tert-OH is 3. The first-order chi connectivity index (χ1) is 11.6. The summed E-state index contributed by atoms with van der Waals surface area (Å²) in [6, 6.07) is 7.11. The van der Waals surface area contributed by atoms with Gasteiger partial charge in [0.15, 0.2) is 0 Å². The first-order valence-corrected chi connectivity index (χ1v) is 7.96. The summed E-state index contributed by atoms with van der Waals surface area (Å²) in [7, 11) is 0. The Bertz CT molecular complexity index is 490. The second-order valence-corrected chi connectivity index (χ2v) is 5.37. The number of amides is 1. The molecule has 0 heterocycles. The molecule has 0 aliphatic heterocycles. The molecule has 0 aliphatic rings. The third kappa shape index (κ3) is 7.54. The summed E-state index contributed by atoms with van der Waals surface area (Å²) in [6.45, 7) is -0.0549. The molecule has 0 fully saturated rings. The van der Waals surface area contributed by atoms with Crippen LogP contribution in [0.25, 0.3) is 0 Å². The summed E-state index contributed by atoms with van der Waals surface area (Å²) >= 11 is 0. The molecule has 7 nitrogen and oxygen atoms in total. The predicted molar refractivity (Wildman–Crippen MR) is 87.7 cm³/mol. The van der Waals surface area contributed by atoms with E-state index in [1.54, 1.807) is 12.1 Å². The molecule has 7 heteroatoms. The van der Waals surface area contributed by atoms with E-state index in [4.69, 9.17) is 9.84 Å². The van der Waals surface area contributed by atoms with Crippen molar-refractivity contribution in [1.29, 1.82) is 0 Å². The Morgan fingerprint density at radius 2 is 1.96 bits per heavy atom. The van der Waals surface area contributed by atoms with Crippen LogP contribution < -0.4 is 10.1 Å². The first-order valence-electron chi connectivity index (χ1n) is 7.96. The van der Waals surface area contributed by atoms with Gasteiger partial charge in [-0.2, -0.15) is 0 Å². The molecular formula is C17H25NO6. The summed E-state index contributed by atoms with van der Waals surface area (Å²) in [5.74, 6) is 0.357. The van der Waals surface area contributed by atoms with E-state index in [9.17, 15) is 19.8 Å². The number of carbonyl (C=O) groups is 2. The van der Waals surface area contributed by atoms with E-state index in [0.29, 0.717) is 18.7 Å². The quantitative estimate of drug-likeness (QED) is 0.392. The maximum absolute atomic E-state index is 11.4. The smallest absolute Gasteiger partial charge is 0.220 e. The van der Waals surface area contributed by atoms with Gasteiger partial charge >= 0.3 is 0 Å². The molecule has 1 aromatic rings. The van der Waals surface area contributed by atoms with E-state index in [0.717, 1.165) is 11.8 Å². The maximum atomic E-state index is 11.4. The van der Waals surface area contributed by atoms with Crippen molar-refractivity contribution in [2.75, 3.05) is 19.8 Å². The van der Waals surface area contributed by atoms with Crippen LogP contribution in [0.4, 0.5) is 0 Å². The van der Waals surface area contributed by atoms with Crippen molar-refractivity contribution in [1.82, 2.24) is 5.32 Å². The Kier molecular flexibility index (Phi) is 9.67. The van der Waals surface area contributed by atoms with E-state index in [1.165, 1.54) is 0 Å². The van der Waals surface area contributed by atoms with Gasteiger partial charge in [0.05, 0.1) is 12.7 Å². The third-order valence-corrected chi connectivity index (χ3v) is 3.47. The van der Waals surface area contributed by atoms with Gasteiger partial charge in [-0.05, 0) is 24.1 Å². The van der Waals surface area contributed by atoms with Gasteiger partial charge in [-0.1, -0.05) is 12.1 Å². The fourth-order valence-electron chi connectivity index (χ4n) is 2.09. The lowest BCUT2D eigenvalue weighted by molar-refractivity contribution is -0.122. The molecule has 0 aromatic heterocycles. The van der Waals surface area contributed by atoms with Gasteiger partial charge in [0.2, 0.25) is 5.91 Å². The molecule has 4 N–H and O–H groups in total. The van der Waals surface area contributed by atoms with Crippen molar-refractivity contribution >= 4 is 12.2 Å². The Morgan fingerprint density at radius 1 is 1.25 bits per heavy atom. The Labute approximate surface area is 141 Å².